The summed E-state index contributed by atoms with van der Waals surface area (Å²) >= 11 is 3.68. The van der Waals surface area contributed by atoms with Gasteiger partial charge in [-0.25, -0.2) is 0 Å². The largest absolute Gasteiger partial charge is 0.345 e. The van der Waals surface area contributed by atoms with Crippen molar-refractivity contribution in [1.29, 1.82) is 0 Å². The zero-order chi connectivity index (χ0) is 20.5. The quantitative estimate of drug-likeness (QED) is 0.278. The molecule has 0 fully saturated rings. The number of hydrogen-bond acceptors (Lipinski definition) is 2. The van der Waals surface area contributed by atoms with Crippen molar-refractivity contribution in [1.82, 2.24) is 4.57 Å². The standard InChI is InChI=1S/C27H23NS2/c1-3-28-19(2)16-20-14-15-24-25(27(20)28)17-23(29-21-10-6-4-7-11-21)18-26(24)30-22-12-8-5-9-13-22/h4-18H,3H2,1-2H3. The Hall–Kier alpha value is -2.62. The van der Waals surface area contributed by atoms with E-state index in [1.54, 1.807) is 0 Å². The van der Waals surface area contributed by atoms with Gasteiger partial charge in [-0.3, -0.25) is 0 Å². The fraction of sp³-hybridized carbons (Fsp3) is 0.111. The van der Waals surface area contributed by atoms with Crippen LogP contribution in [-0.4, -0.2) is 4.57 Å². The first-order valence-corrected chi connectivity index (χ1v) is 11.9. The van der Waals surface area contributed by atoms with Gasteiger partial charge in [0, 0.05) is 42.6 Å². The summed E-state index contributed by atoms with van der Waals surface area (Å²) < 4.78 is 2.44. The molecule has 1 nitrogen and oxygen atoms in total. The van der Waals surface area contributed by atoms with Crippen LogP contribution in [0.4, 0.5) is 0 Å². The summed E-state index contributed by atoms with van der Waals surface area (Å²) in [6.45, 7) is 5.41. The average molecular weight is 426 g/mol. The minimum atomic E-state index is 0.978. The van der Waals surface area contributed by atoms with Crippen LogP contribution in [0.2, 0.25) is 0 Å². The van der Waals surface area contributed by atoms with Crippen molar-refractivity contribution in [2.45, 2.75) is 40.0 Å². The monoisotopic (exact) mass is 425 g/mol. The van der Waals surface area contributed by atoms with Gasteiger partial charge in [-0.15, -0.1) is 0 Å². The summed E-state index contributed by atoms with van der Waals surface area (Å²) in [6, 6.07) is 32.9. The molecule has 0 spiro atoms. The lowest BCUT2D eigenvalue weighted by Crippen LogP contribution is -1.96. The fourth-order valence-electron chi connectivity index (χ4n) is 4.06. The molecule has 0 saturated carbocycles. The van der Waals surface area contributed by atoms with E-state index in [2.05, 4.69) is 109 Å². The second kappa shape index (κ2) is 8.25. The van der Waals surface area contributed by atoms with Crippen molar-refractivity contribution < 1.29 is 0 Å². The number of fused-ring (bicyclic) bond motifs is 3. The Kier molecular flexibility index (Phi) is 5.32. The van der Waals surface area contributed by atoms with E-state index in [4.69, 9.17) is 0 Å². The van der Waals surface area contributed by atoms with Gasteiger partial charge >= 0.3 is 0 Å². The van der Waals surface area contributed by atoms with E-state index in [9.17, 15) is 0 Å². The first-order chi connectivity index (χ1) is 14.7. The third-order valence-corrected chi connectivity index (χ3v) is 7.44. The fourth-order valence-corrected chi connectivity index (χ4v) is 6.08. The molecule has 0 aliphatic heterocycles. The Balaban J connectivity index is 1.74. The molecule has 5 aromatic rings. The minimum absolute atomic E-state index is 0.978. The van der Waals surface area contributed by atoms with Gasteiger partial charge in [-0.05, 0) is 61.7 Å². The number of nitrogens with zero attached hydrogens (tertiary/aromatic N) is 1. The Morgan fingerprint density at radius 1 is 0.667 bits per heavy atom. The van der Waals surface area contributed by atoms with Gasteiger partial charge in [0.2, 0.25) is 0 Å². The van der Waals surface area contributed by atoms with Crippen LogP contribution in [0.15, 0.2) is 111 Å². The van der Waals surface area contributed by atoms with Crippen molar-refractivity contribution in [3.05, 3.63) is 96.7 Å². The maximum atomic E-state index is 2.44. The molecule has 1 heterocycles. The molecule has 30 heavy (non-hydrogen) atoms. The van der Waals surface area contributed by atoms with Gasteiger partial charge in [0.25, 0.3) is 0 Å². The number of aryl methyl sites for hydroxylation is 2. The molecule has 0 saturated heterocycles. The van der Waals surface area contributed by atoms with E-state index < -0.39 is 0 Å². The predicted molar refractivity (Wildman–Crippen MR) is 131 cm³/mol. The number of rotatable bonds is 5. The first kappa shape index (κ1) is 19.3. The summed E-state index contributed by atoms with van der Waals surface area (Å²) in [6.07, 6.45) is 0. The van der Waals surface area contributed by atoms with Crippen LogP contribution in [0.1, 0.15) is 12.6 Å². The maximum Gasteiger partial charge on any atom is 0.0562 e. The van der Waals surface area contributed by atoms with E-state index in [0.717, 1.165) is 6.54 Å². The highest BCUT2D eigenvalue weighted by atomic mass is 32.2. The number of aromatic nitrogens is 1. The molecule has 0 amide bonds. The van der Waals surface area contributed by atoms with Crippen LogP contribution >= 0.6 is 23.5 Å². The topological polar surface area (TPSA) is 4.93 Å². The van der Waals surface area contributed by atoms with E-state index >= 15 is 0 Å². The molecule has 0 aliphatic carbocycles. The van der Waals surface area contributed by atoms with E-state index in [1.807, 2.05) is 23.5 Å². The van der Waals surface area contributed by atoms with Gasteiger partial charge in [0.05, 0.1) is 5.52 Å². The van der Waals surface area contributed by atoms with Gasteiger partial charge in [0.15, 0.2) is 0 Å². The van der Waals surface area contributed by atoms with Gasteiger partial charge < -0.3 is 4.57 Å². The summed E-state index contributed by atoms with van der Waals surface area (Å²) in [5.74, 6) is 0. The predicted octanol–water partition coefficient (Wildman–Crippen LogP) is 8.43. The lowest BCUT2D eigenvalue weighted by atomic mass is 10.1. The van der Waals surface area contributed by atoms with E-state index in [-0.39, 0.29) is 0 Å². The van der Waals surface area contributed by atoms with E-state index in [1.165, 1.54) is 47.0 Å². The molecule has 148 valence electrons. The second-order valence-corrected chi connectivity index (χ2v) is 9.64. The molecule has 0 N–H and O–H groups in total. The molecular weight excluding hydrogens is 402 g/mol. The van der Waals surface area contributed by atoms with Crippen LogP contribution in [0.5, 0.6) is 0 Å². The Bertz CT molecular complexity index is 1320. The van der Waals surface area contributed by atoms with Gasteiger partial charge in [0.1, 0.15) is 0 Å². The Labute approximate surface area is 186 Å². The summed E-state index contributed by atoms with van der Waals surface area (Å²) in [7, 11) is 0. The van der Waals surface area contributed by atoms with Crippen LogP contribution in [0.3, 0.4) is 0 Å². The maximum absolute atomic E-state index is 2.44. The van der Waals surface area contributed by atoms with Crippen LogP contribution in [0, 0.1) is 6.92 Å². The molecule has 5 rings (SSSR count). The minimum Gasteiger partial charge on any atom is -0.345 e. The zero-order valence-corrected chi connectivity index (χ0v) is 18.8. The Morgan fingerprint density at radius 2 is 1.33 bits per heavy atom. The SMILES string of the molecule is CCn1c(C)cc2ccc3c(Sc4ccccc4)cc(Sc4ccccc4)cc3c21. The average Bonchev–Trinajstić information content (AvgIpc) is 3.10. The molecule has 0 radical (unpaired) electrons. The summed E-state index contributed by atoms with van der Waals surface area (Å²) in [5, 5.41) is 3.97. The lowest BCUT2D eigenvalue weighted by molar-refractivity contribution is 0.771. The third kappa shape index (κ3) is 3.64. The second-order valence-electron chi connectivity index (χ2n) is 7.38. The van der Waals surface area contributed by atoms with Crippen molar-refractivity contribution >= 4 is 45.2 Å². The summed E-state index contributed by atoms with van der Waals surface area (Å²) in [4.78, 5) is 5.12. The van der Waals surface area contributed by atoms with Crippen molar-refractivity contribution in [3.63, 3.8) is 0 Å². The van der Waals surface area contributed by atoms with Gasteiger partial charge in [-0.1, -0.05) is 72.1 Å². The van der Waals surface area contributed by atoms with Crippen LogP contribution in [-0.2, 0) is 6.54 Å². The van der Waals surface area contributed by atoms with Gasteiger partial charge in [-0.2, -0.15) is 0 Å². The van der Waals surface area contributed by atoms with Crippen molar-refractivity contribution in [3.8, 4) is 0 Å². The molecule has 3 heteroatoms. The molecule has 4 aromatic carbocycles. The number of benzene rings is 4. The number of hydrogen-bond donors (Lipinski definition) is 0. The zero-order valence-electron chi connectivity index (χ0n) is 17.1. The molecule has 0 bridgehead atoms. The molecule has 0 atom stereocenters. The molecule has 0 aliphatic rings. The highest BCUT2D eigenvalue weighted by Gasteiger charge is 2.14. The first-order valence-electron chi connectivity index (χ1n) is 10.3. The highest BCUT2D eigenvalue weighted by Crippen LogP contribution is 2.41. The smallest absolute Gasteiger partial charge is 0.0562 e. The lowest BCUT2D eigenvalue weighted by Gasteiger charge is -2.13. The van der Waals surface area contributed by atoms with Crippen LogP contribution < -0.4 is 0 Å². The molecular formula is C27H23NS2. The molecule has 1 aromatic heterocycles. The van der Waals surface area contributed by atoms with E-state index in [0.29, 0.717) is 0 Å². The third-order valence-electron chi connectivity index (χ3n) is 5.40. The van der Waals surface area contributed by atoms with Crippen molar-refractivity contribution in [2.75, 3.05) is 0 Å². The normalized spacial score (nSPS) is 11.4. The van der Waals surface area contributed by atoms with Crippen LogP contribution in [0.25, 0.3) is 21.7 Å². The van der Waals surface area contributed by atoms with Crippen molar-refractivity contribution in [2.24, 2.45) is 0 Å². The Morgan fingerprint density at radius 3 is 2.00 bits per heavy atom. The highest BCUT2D eigenvalue weighted by molar-refractivity contribution is 8.00. The summed E-state index contributed by atoms with van der Waals surface area (Å²) in [5.41, 5.74) is 2.66. The molecule has 0 unspecified atom stereocenters.